The molecule has 0 unspecified atom stereocenters. The number of ether oxygens (including phenoxy) is 2. The quantitative estimate of drug-likeness (QED) is 0.328. The van der Waals surface area contributed by atoms with Crippen LogP contribution < -0.4 is 5.32 Å². The fraction of sp³-hybridized carbons (Fsp3) is 0.222. The molecule has 0 aliphatic heterocycles. The Hall–Kier alpha value is -2.48. The Balaban J connectivity index is 0.000000828. The van der Waals surface area contributed by atoms with Crippen LogP contribution in [0.1, 0.15) is 22.8 Å². The van der Waals surface area contributed by atoms with Crippen LogP contribution in [-0.4, -0.2) is 35.7 Å². The number of rotatable bonds is 6. The standard InChI is InChI=1S/C17H17Cl2NO3.CH2O3/c1-3-22-10-23-17(21)12-6-4-5-7-14(12)20-16-13(18)9-8-11(2)15(16)19;2-1(3)4/h4-9,20H,3,10H2,1-2H3;(H2,2,3,4). The van der Waals surface area contributed by atoms with Gasteiger partial charge in [0.25, 0.3) is 0 Å². The molecule has 0 aromatic heterocycles. The van der Waals surface area contributed by atoms with Crippen molar-refractivity contribution >= 4 is 46.7 Å². The average molecular weight is 416 g/mol. The summed E-state index contributed by atoms with van der Waals surface area (Å²) in [6, 6.07) is 10.6. The number of nitrogens with one attached hydrogen (secondary N) is 1. The van der Waals surface area contributed by atoms with E-state index in [0.29, 0.717) is 33.6 Å². The lowest BCUT2D eigenvalue weighted by Crippen LogP contribution is -2.11. The molecule has 2 aromatic carbocycles. The number of carbonyl (C=O) groups excluding carboxylic acids is 1. The van der Waals surface area contributed by atoms with Gasteiger partial charge in [-0.25, -0.2) is 9.59 Å². The SMILES string of the molecule is CCOCOC(=O)c1ccccc1Nc1c(Cl)ccc(C)c1Cl.O=C(O)O. The highest BCUT2D eigenvalue weighted by Gasteiger charge is 2.15. The average Bonchev–Trinajstić information content (AvgIpc) is 2.62. The van der Waals surface area contributed by atoms with Crippen LogP contribution in [0.5, 0.6) is 0 Å². The highest BCUT2D eigenvalue weighted by molar-refractivity contribution is 6.39. The Morgan fingerprint density at radius 2 is 1.74 bits per heavy atom. The number of para-hydroxylation sites is 1. The van der Waals surface area contributed by atoms with E-state index in [1.807, 2.05) is 19.9 Å². The van der Waals surface area contributed by atoms with E-state index in [2.05, 4.69) is 5.32 Å². The summed E-state index contributed by atoms with van der Waals surface area (Å²) in [6.07, 6.45) is -1.83. The van der Waals surface area contributed by atoms with Crippen LogP contribution in [0.25, 0.3) is 0 Å². The van der Waals surface area contributed by atoms with Gasteiger partial charge in [-0.15, -0.1) is 0 Å². The van der Waals surface area contributed by atoms with Crippen molar-refractivity contribution in [1.29, 1.82) is 0 Å². The lowest BCUT2D eigenvalue weighted by Gasteiger charge is -2.15. The molecule has 0 saturated carbocycles. The third-order valence-corrected chi connectivity index (χ3v) is 3.97. The first-order chi connectivity index (χ1) is 12.8. The van der Waals surface area contributed by atoms with Crippen molar-refractivity contribution in [3.05, 3.63) is 57.6 Å². The van der Waals surface area contributed by atoms with Crippen molar-refractivity contribution < 1.29 is 29.3 Å². The van der Waals surface area contributed by atoms with Gasteiger partial charge in [0.2, 0.25) is 0 Å². The topological polar surface area (TPSA) is 105 Å². The molecular formula is C18H19Cl2NO6. The Morgan fingerprint density at radius 3 is 2.37 bits per heavy atom. The summed E-state index contributed by atoms with van der Waals surface area (Å²) in [5, 5.41) is 18.0. The van der Waals surface area contributed by atoms with Crippen molar-refractivity contribution in [2.75, 3.05) is 18.7 Å². The maximum absolute atomic E-state index is 12.2. The monoisotopic (exact) mass is 415 g/mol. The highest BCUT2D eigenvalue weighted by Crippen LogP contribution is 2.36. The molecule has 2 rings (SSSR count). The number of anilines is 2. The smallest absolute Gasteiger partial charge is 0.450 e. The van der Waals surface area contributed by atoms with Gasteiger partial charge in [-0.05, 0) is 37.6 Å². The third kappa shape index (κ3) is 7.34. The van der Waals surface area contributed by atoms with Gasteiger partial charge in [0.15, 0.2) is 6.79 Å². The van der Waals surface area contributed by atoms with E-state index in [1.54, 1.807) is 30.3 Å². The highest BCUT2D eigenvalue weighted by atomic mass is 35.5. The zero-order valence-corrected chi connectivity index (χ0v) is 16.2. The second kappa shape index (κ2) is 11.3. The van der Waals surface area contributed by atoms with E-state index in [1.165, 1.54) is 0 Å². The Bertz CT molecular complexity index is 793. The van der Waals surface area contributed by atoms with E-state index in [0.717, 1.165) is 5.56 Å². The molecule has 0 fully saturated rings. The number of halogens is 2. The van der Waals surface area contributed by atoms with E-state index >= 15 is 0 Å². The lowest BCUT2D eigenvalue weighted by atomic mass is 10.1. The summed E-state index contributed by atoms with van der Waals surface area (Å²) in [5.41, 5.74) is 2.37. The summed E-state index contributed by atoms with van der Waals surface area (Å²) < 4.78 is 10.1. The second-order valence-corrected chi connectivity index (χ2v) is 5.83. The van der Waals surface area contributed by atoms with Crippen LogP contribution in [0.2, 0.25) is 10.0 Å². The number of esters is 1. The Kier molecular flexibility index (Phi) is 9.42. The summed E-state index contributed by atoms with van der Waals surface area (Å²) >= 11 is 12.5. The molecule has 9 heteroatoms. The normalized spacial score (nSPS) is 9.78. The first-order valence-electron chi connectivity index (χ1n) is 7.75. The molecule has 0 amide bonds. The number of hydrogen-bond acceptors (Lipinski definition) is 5. The van der Waals surface area contributed by atoms with Crippen LogP contribution in [0.15, 0.2) is 36.4 Å². The maximum Gasteiger partial charge on any atom is 0.503 e. The molecule has 0 atom stereocenters. The minimum atomic E-state index is -1.83. The van der Waals surface area contributed by atoms with E-state index in [9.17, 15) is 4.79 Å². The minimum absolute atomic E-state index is 0.0877. The van der Waals surface area contributed by atoms with Crippen LogP contribution in [-0.2, 0) is 9.47 Å². The number of carbonyl (C=O) groups is 2. The molecule has 0 heterocycles. The fourth-order valence-corrected chi connectivity index (χ4v) is 2.40. The van der Waals surface area contributed by atoms with Gasteiger partial charge in [-0.1, -0.05) is 41.4 Å². The predicted octanol–water partition coefficient (Wildman–Crippen LogP) is 5.42. The van der Waals surface area contributed by atoms with Crippen LogP contribution in [0.4, 0.5) is 16.2 Å². The van der Waals surface area contributed by atoms with Gasteiger partial charge in [-0.2, -0.15) is 0 Å². The van der Waals surface area contributed by atoms with E-state index < -0.39 is 12.1 Å². The summed E-state index contributed by atoms with van der Waals surface area (Å²) in [4.78, 5) is 20.7. The zero-order valence-electron chi connectivity index (χ0n) is 14.7. The van der Waals surface area contributed by atoms with Gasteiger partial charge in [0.05, 0.1) is 27.0 Å². The summed E-state index contributed by atoms with van der Waals surface area (Å²) in [7, 11) is 0. The molecule has 0 aliphatic rings. The zero-order chi connectivity index (χ0) is 20.4. The molecule has 2 aromatic rings. The molecule has 3 N–H and O–H groups in total. The molecule has 0 aliphatic carbocycles. The first-order valence-corrected chi connectivity index (χ1v) is 8.50. The molecule has 0 radical (unpaired) electrons. The molecule has 146 valence electrons. The van der Waals surface area contributed by atoms with E-state index in [4.69, 9.17) is 47.7 Å². The molecular weight excluding hydrogens is 397 g/mol. The molecule has 0 spiro atoms. The number of carboxylic acid groups (broad SMARTS) is 2. The van der Waals surface area contributed by atoms with Crippen molar-refractivity contribution in [2.45, 2.75) is 13.8 Å². The van der Waals surface area contributed by atoms with Gasteiger partial charge >= 0.3 is 12.1 Å². The van der Waals surface area contributed by atoms with Crippen molar-refractivity contribution in [2.24, 2.45) is 0 Å². The fourth-order valence-electron chi connectivity index (χ4n) is 1.93. The van der Waals surface area contributed by atoms with E-state index in [-0.39, 0.29) is 6.79 Å². The van der Waals surface area contributed by atoms with Crippen molar-refractivity contribution in [3.63, 3.8) is 0 Å². The Morgan fingerprint density at radius 1 is 1.11 bits per heavy atom. The molecule has 27 heavy (non-hydrogen) atoms. The number of benzene rings is 2. The van der Waals surface area contributed by atoms with Gasteiger partial charge in [0.1, 0.15) is 0 Å². The predicted molar refractivity (Wildman–Crippen MR) is 103 cm³/mol. The largest absolute Gasteiger partial charge is 0.503 e. The summed E-state index contributed by atoms with van der Waals surface area (Å²) in [6.45, 7) is 4.09. The Labute approximate surface area is 166 Å². The van der Waals surface area contributed by atoms with Gasteiger partial charge in [0, 0.05) is 6.61 Å². The van der Waals surface area contributed by atoms with Crippen molar-refractivity contribution in [3.8, 4) is 0 Å². The second-order valence-electron chi connectivity index (χ2n) is 5.05. The maximum atomic E-state index is 12.2. The van der Waals surface area contributed by atoms with Gasteiger partial charge in [-0.3, -0.25) is 0 Å². The third-order valence-electron chi connectivity index (χ3n) is 3.17. The van der Waals surface area contributed by atoms with Crippen LogP contribution in [0.3, 0.4) is 0 Å². The number of aryl methyl sites for hydroxylation is 1. The number of hydrogen-bond donors (Lipinski definition) is 3. The van der Waals surface area contributed by atoms with Gasteiger partial charge < -0.3 is 25.0 Å². The van der Waals surface area contributed by atoms with Crippen LogP contribution in [0, 0.1) is 6.92 Å². The molecule has 0 saturated heterocycles. The molecule has 0 bridgehead atoms. The molecule has 7 nitrogen and oxygen atoms in total. The minimum Gasteiger partial charge on any atom is -0.450 e. The first kappa shape index (κ1) is 22.6. The van der Waals surface area contributed by atoms with Crippen LogP contribution >= 0.6 is 23.2 Å². The lowest BCUT2D eigenvalue weighted by molar-refractivity contribution is -0.0273. The summed E-state index contributed by atoms with van der Waals surface area (Å²) in [5.74, 6) is -0.485. The van der Waals surface area contributed by atoms with Crippen molar-refractivity contribution in [1.82, 2.24) is 0 Å².